The number of aromatic nitrogens is 2. The number of allylic oxidation sites excluding steroid dienone is 2. The van der Waals surface area contributed by atoms with Crippen LogP contribution in [0.5, 0.6) is 0 Å². The highest BCUT2D eigenvalue weighted by Crippen LogP contribution is 2.38. The number of hydrogen-bond donors (Lipinski definition) is 0. The third-order valence-electron chi connectivity index (χ3n) is 6.29. The minimum absolute atomic E-state index is 0.194. The second kappa shape index (κ2) is 8.58. The van der Waals surface area contributed by atoms with Crippen LogP contribution < -0.4 is 0 Å². The molecule has 5 nitrogen and oxygen atoms in total. The van der Waals surface area contributed by atoms with Crippen molar-refractivity contribution in [3.63, 3.8) is 0 Å². The van der Waals surface area contributed by atoms with Crippen LogP contribution >= 0.6 is 23.2 Å². The molecule has 0 amide bonds. The summed E-state index contributed by atoms with van der Waals surface area (Å²) in [5.74, 6) is 0. The standard InChI is InChI=1S/C24H23Cl2N3O2S/c25-21-11-13-27-24-23(21)20(16-29(24)32(30,31)19-9-5-2-6-10-19)17-12-14-28(22(26)15-17)18-7-3-1-4-8-18/h2,5-6,9-13,15-16,18H,1,3-4,7-8,14H2. The van der Waals surface area contributed by atoms with E-state index in [0.717, 1.165) is 18.4 Å². The summed E-state index contributed by atoms with van der Waals surface area (Å²) in [4.78, 5) is 6.80. The van der Waals surface area contributed by atoms with Crippen LogP contribution in [0.2, 0.25) is 5.02 Å². The molecule has 8 heteroatoms. The Kier molecular flexibility index (Phi) is 5.78. The summed E-state index contributed by atoms with van der Waals surface area (Å²) in [7, 11) is -3.84. The van der Waals surface area contributed by atoms with Crippen molar-refractivity contribution in [2.45, 2.75) is 43.0 Å². The third kappa shape index (κ3) is 3.74. The molecule has 0 radical (unpaired) electrons. The zero-order valence-corrected chi connectivity index (χ0v) is 19.7. The maximum atomic E-state index is 13.4. The molecule has 3 aromatic rings. The highest BCUT2D eigenvalue weighted by molar-refractivity contribution is 7.90. The molecule has 0 N–H and O–H groups in total. The fourth-order valence-electron chi connectivity index (χ4n) is 4.65. The number of pyridine rings is 1. The van der Waals surface area contributed by atoms with Gasteiger partial charge in [0.1, 0.15) is 5.16 Å². The van der Waals surface area contributed by atoms with Crippen molar-refractivity contribution in [3.8, 4) is 0 Å². The van der Waals surface area contributed by atoms with Gasteiger partial charge in [-0.2, -0.15) is 0 Å². The van der Waals surface area contributed by atoms with Crippen molar-refractivity contribution >= 4 is 49.8 Å². The molecule has 1 aromatic carbocycles. The fourth-order valence-corrected chi connectivity index (χ4v) is 6.56. The Hall–Kier alpha value is -2.28. The maximum Gasteiger partial charge on any atom is 0.269 e. The normalized spacial score (nSPS) is 18.0. The van der Waals surface area contributed by atoms with Crippen molar-refractivity contribution in [1.82, 2.24) is 13.9 Å². The van der Waals surface area contributed by atoms with Crippen LogP contribution in [-0.2, 0) is 10.0 Å². The van der Waals surface area contributed by atoms with Crippen LogP contribution in [0.15, 0.2) is 71.0 Å². The third-order valence-corrected chi connectivity index (χ3v) is 8.59. The van der Waals surface area contributed by atoms with E-state index in [-0.39, 0.29) is 4.90 Å². The first-order valence-corrected chi connectivity index (χ1v) is 13.0. The van der Waals surface area contributed by atoms with Crippen LogP contribution in [0.1, 0.15) is 37.7 Å². The highest BCUT2D eigenvalue weighted by atomic mass is 35.5. The molecule has 0 saturated heterocycles. The van der Waals surface area contributed by atoms with Gasteiger partial charge >= 0.3 is 0 Å². The Balaban J connectivity index is 1.60. The molecule has 0 bridgehead atoms. The molecule has 166 valence electrons. The van der Waals surface area contributed by atoms with E-state index in [4.69, 9.17) is 23.2 Å². The van der Waals surface area contributed by atoms with Gasteiger partial charge in [-0.05, 0) is 42.7 Å². The number of benzene rings is 1. The highest BCUT2D eigenvalue weighted by Gasteiger charge is 2.27. The average molecular weight is 488 g/mol. The minimum Gasteiger partial charge on any atom is -0.356 e. The van der Waals surface area contributed by atoms with Gasteiger partial charge in [-0.1, -0.05) is 66.7 Å². The summed E-state index contributed by atoms with van der Waals surface area (Å²) in [6.45, 7) is 0.686. The van der Waals surface area contributed by atoms with E-state index in [1.54, 1.807) is 42.6 Å². The van der Waals surface area contributed by atoms with Crippen molar-refractivity contribution < 1.29 is 8.42 Å². The molecule has 2 aliphatic rings. The van der Waals surface area contributed by atoms with E-state index in [0.29, 0.717) is 39.4 Å². The summed E-state index contributed by atoms with van der Waals surface area (Å²) in [6.07, 6.45) is 13.2. The summed E-state index contributed by atoms with van der Waals surface area (Å²) >= 11 is 13.3. The van der Waals surface area contributed by atoms with Crippen molar-refractivity contribution in [2.75, 3.05) is 6.54 Å². The summed E-state index contributed by atoms with van der Waals surface area (Å²) < 4.78 is 28.0. The number of rotatable bonds is 4. The van der Waals surface area contributed by atoms with E-state index in [9.17, 15) is 8.42 Å². The van der Waals surface area contributed by atoms with E-state index >= 15 is 0 Å². The van der Waals surface area contributed by atoms with Crippen LogP contribution in [0, 0.1) is 0 Å². The smallest absolute Gasteiger partial charge is 0.269 e. The van der Waals surface area contributed by atoms with Gasteiger partial charge in [-0.15, -0.1) is 0 Å². The molecule has 2 aromatic heterocycles. The largest absolute Gasteiger partial charge is 0.356 e. The first-order valence-electron chi connectivity index (χ1n) is 10.8. The lowest BCUT2D eigenvalue weighted by atomic mass is 9.93. The molecule has 1 aliphatic heterocycles. The SMILES string of the molecule is O=S(=O)(c1ccccc1)n1cc(C2=CCN(C3CCCCC3)C(Cl)=C2)c2c(Cl)ccnc21. The lowest BCUT2D eigenvalue weighted by molar-refractivity contribution is 0.227. The molecule has 32 heavy (non-hydrogen) atoms. The monoisotopic (exact) mass is 487 g/mol. The van der Waals surface area contributed by atoms with Crippen LogP contribution in [0.25, 0.3) is 16.6 Å². The molecule has 0 unspecified atom stereocenters. The summed E-state index contributed by atoms with van der Waals surface area (Å²) in [5, 5.41) is 1.74. The van der Waals surface area contributed by atoms with Gasteiger partial charge in [0.2, 0.25) is 0 Å². The van der Waals surface area contributed by atoms with Gasteiger partial charge in [0, 0.05) is 35.9 Å². The van der Waals surface area contributed by atoms with Crippen LogP contribution in [-0.4, -0.2) is 34.9 Å². The van der Waals surface area contributed by atoms with Crippen LogP contribution in [0.4, 0.5) is 0 Å². The predicted molar refractivity (Wildman–Crippen MR) is 129 cm³/mol. The van der Waals surface area contributed by atoms with Gasteiger partial charge < -0.3 is 4.90 Å². The maximum absolute atomic E-state index is 13.4. The fraction of sp³-hybridized carbons (Fsp3) is 0.292. The molecule has 5 rings (SSSR count). The van der Waals surface area contributed by atoms with Gasteiger partial charge in [0.05, 0.1) is 9.92 Å². The first-order chi connectivity index (χ1) is 15.5. The first kappa shape index (κ1) is 21.6. The van der Waals surface area contributed by atoms with Gasteiger partial charge in [-0.3, -0.25) is 0 Å². The van der Waals surface area contributed by atoms with E-state index in [1.807, 2.05) is 6.08 Å². The lowest BCUT2D eigenvalue weighted by Crippen LogP contribution is -2.36. The Labute approximate surface area is 198 Å². The van der Waals surface area contributed by atoms with Crippen LogP contribution in [0.3, 0.4) is 0 Å². The van der Waals surface area contributed by atoms with E-state index < -0.39 is 10.0 Å². The van der Waals surface area contributed by atoms with E-state index in [2.05, 4.69) is 16.0 Å². The topological polar surface area (TPSA) is 55.2 Å². The lowest BCUT2D eigenvalue weighted by Gasteiger charge is -2.36. The Morgan fingerprint density at radius 3 is 2.47 bits per heavy atom. The van der Waals surface area contributed by atoms with Gasteiger partial charge in [-0.25, -0.2) is 17.4 Å². The molecule has 3 heterocycles. The minimum atomic E-state index is -3.84. The Morgan fingerprint density at radius 1 is 1.00 bits per heavy atom. The van der Waals surface area contributed by atoms with E-state index in [1.165, 1.54) is 29.4 Å². The molecular weight excluding hydrogens is 465 g/mol. The molecule has 1 saturated carbocycles. The Bertz CT molecular complexity index is 1320. The predicted octanol–water partition coefficient (Wildman–Crippen LogP) is 6.04. The zero-order chi connectivity index (χ0) is 22.3. The van der Waals surface area contributed by atoms with Crippen molar-refractivity contribution in [1.29, 1.82) is 0 Å². The number of halogens is 2. The second-order valence-electron chi connectivity index (χ2n) is 8.22. The van der Waals surface area contributed by atoms with Gasteiger partial charge in [0.25, 0.3) is 10.0 Å². The molecule has 0 spiro atoms. The number of hydrogen-bond acceptors (Lipinski definition) is 4. The molecular formula is C24H23Cl2N3O2S. The zero-order valence-electron chi connectivity index (χ0n) is 17.4. The molecule has 1 aliphatic carbocycles. The van der Waals surface area contributed by atoms with Gasteiger partial charge in [0.15, 0.2) is 5.65 Å². The quantitative estimate of drug-likeness (QED) is 0.421. The molecule has 0 atom stereocenters. The molecule has 1 fully saturated rings. The number of nitrogens with zero attached hydrogens (tertiary/aromatic N) is 3. The van der Waals surface area contributed by atoms with Crippen molar-refractivity contribution in [3.05, 3.63) is 76.7 Å². The average Bonchev–Trinajstić information content (AvgIpc) is 3.22. The summed E-state index contributed by atoms with van der Waals surface area (Å²) in [5.41, 5.74) is 1.86. The second-order valence-corrected chi connectivity index (χ2v) is 10.8. The Morgan fingerprint density at radius 2 is 1.75 bits per heavy atom. The van der Waals surface area contributed by atoms with Crippen molar-refractivity contribution in [2.24, 2.45) is 0 Å². The number of fused-ring (bicyclic) bond motifs is 1. The summed E-state index contributed by atoms with van der Waals surface area (Å²) in [6, 6.07) is 10.5.